The Balaban J connectivity index is 1.53. The molecule has 132 valence electrons. The van der Waals surface area contributed by atoms with Crippen LogP contribution in [0.4, 0.5) is 10.6 Å². The Morgan fingerprint density at radius 3 is 2.52 bits per heavy atom. The summed E-state index contributed by atoms with van der Waals surface area (Å²) < 4.78 is 0. The zero-order valence-electron chi connectivity index (χ0n) is 14.5. The van der Waals surface area contributed by atoms with Crippen LogP contribution in [0.25, 0.3) is 0 Å². The minimum absolute atomic E-state index is 0.209. The standard InChI is InChI=1S/C18H24N6O/c1-23-9-11-24(12-10-23)17-15(5-4-8-20-17)13-21-18(25)22-14-16-6-2-3-7-19-16/h2-8H,9-14H2,1H3,(H2,21,22,25). The number of amides is 2. The van der Waals surface area contributed by atoms with E-state index in [1.54, 1.807) is 12.4 Å². The quantitative estimate of drug-likeness (QED) is 0.856. The first kappa shape index (κ1) is 17.2. The number of hydrogen-bond acceptors (Lipinski definition) is 5. The number of aromatic nitrogens is 2. The van der Waals surface area contributed by atoms with E-state index in [-0.39, 0.29) is 6.03 Å². The Hall–Kier alpha value is -2.67. The van der Waals surface area contributed by atoms with E-state index < -0.39 is 0 Å². The molecule has 1 fully saturated rings. The van der Waals surface area contributed by atoms with Gasteiger partial charge in [-0.2, -0.15) is 0 Å². The topological polar surface area (TPSA) is 73.4 Å². The van der Waals surface area contributed by atoms with Crippen molar-refractivity contribution in [3.63, 3.8) is 0 Å². The number of carbonyl (C=O) groups is 1. The highest BCUT2D eigenvalue weighted by atomic mass is 16.2. The molecule has 25 heavy (non-hydrogen) atoms. The van der Waals surface area contributed by atoms with E-state index in [2.05, 4.69) is 37.4 Å². The van der Waals surface area contributed by atoms with Gasteiger partial charge in [0.05, 0.1) is 12.2 Å². The van der Waals surface area contributed by atoms with Crippen molar-refractivity contribution < 1.29 is 4.79 Å². The molecule has 2 N–H and O–H groups in total. The molecule has 0 atom stereocenters. The van der Waals surface area contributed by atoms with Gasteiger partial charge in [0.2, 0.25) is 0 Å². The van der Waals surface area contributed by atoms with E-state index >= 15 is 0 Å². The van der Waals surface area contributed by atoms with Crippen molar-refractivity contribution in [2.24, 2.45) is 0 Å². The van der Waals surface area contributed by atoms with E-state index in [4.69, 9.17) is 0 Å². The number of carbonyl (C=O) groups excluding carboxylic acids is 1. The molecule has 7 heteroatoms. The first-order chi connectivity index (χ1) is 12.2. The molecule has 0 bridgehead atoms. The number of likely N-dealkylation sites (N-methyl/N-ethyl adjacent to an activating group) is 1. The van der Waals surface area contributed by atoms with Crippen molar-refractivity contribution in [3.05, 3.63) is 54.0 Å². The highest BCUT2D eigenvalue weighted by Gasteiger charge is 2.18. The van der Waals surface area contributed by atoms with Gasteiger partial charge in [-0.3, -0.25) is 4.98 Å². The summed E-state index contributed by atoms with van der Waals surface area (Å²) in [5.41, 5.74) is 1.86. The third-order valence-electron chi connectivity index (χ3n) is 4.27. The molecule has 3 heterocycles. The summed E-state index contributed by atoms with van der Waals surface area (Å²) in [6.07, 6.45) is 3.52. The van der Waals surface area contributed by atoms with Gasteiger partial charge in [-0.25, -0.2) is 9.78 Å². The molecule has 3 rings (SSSR count). The molecule has 1 aliphatic rings. The van der Waals surface area contributed by atoms with Gasteiger partial charge in [-0.05, 0) is 25.2 Å². The minimum Gasteiger partial charge on any atom is -0.354 e. The molecule has 1 aliphatic heterocycles. The second-order valence-corrected chi connectivity index (χ2v) is 6.13. The molecule has 2 amide bonds. The van der Waals surface area contributed by atoms with Crippen LogP contribution in [0.5, 0.6) is 0 Å². The predicted molar refractivity (Wildman–Crippen MR) is 97.3 cm³/mol. The summed E-state index contributed by atoms with van der Waals surface area (Å²) >= 11 is 0. The van der Waals surface area contributed by atoms with Crippen LogP contribution in [0.1, 0.15) is 11.3 Å². The maximum absolute atomic E-state index is 12.0. The highest BCUT2D eigenvalue weighted by molar-refractivity contribution is 5.74. The first-order valence-electron chi connectivity index (χ1n) is 8.51. The highest BCUT2D eigenvalue weighted by Crippen LogP contribution is 2.18. The lowest BCUT2D eigenvalue weighted by molar-refractivity contribution is 0.240. The normalized spacial score (nSPS) is 15.0. The van der Waals surface area contributed by atoms with Gasteiger partial charge >= 0.3 is 6.03 Å². The number of urea groups is 1. The fourth-order valence-electron chi connectivity index (χ4n) is 2.78. The van der Waals surface area contributed by atoms with Gasteiger partial charge in [0.1, 0.15) is 5.82 Å². The molecule has 0 aliphatic carbocycles. The summed E-state index contributed by atoms with van der Waals surface area (Å²) in [4.78, 5) is 25.3. The van der Waals surface area contributed by atoms with Crippen LogP contribution in [-0.2, 0) is 13.1 Å². The summed E-state index contributed by atoms with van der Waals surface area (Å²) in [5.74, 6) is 0.959. The number of rotatable bonds is 5. The van der Waals surface area contributed by atoms with Crippen LogP contribution >= 0.6 is 0 Å². The third kappa shape index (κ3) is 4.90. The lowest BCUT2D eigenvalue weighted by atomic mass is 10.2. The number of nitrogens with zero attached hydrogens (tertiary/aromatic N) is 4. The van der Waals surface area contributed by atoms with Gasteiger partial charge in [0.25, 0.3) is 0 Å². The SMILES string of the molecule is CN1CCN(c2ncccc2CNC(=O)NCc2ccccn2)CC1. The van der Waals surface area contributed by atoms with Crippen molar-refractivity contribution in [2.75, 3.05) is 38.1 Å². The van der Waals surface area contributed by atoms with Gasteiger partial charge in [-0.1, -0.05) is 12.1 Å². The minimum atomic E-state index is -0.209. The average molecular weight is 340 g/mol. The van der Waals surface area contributed by atoms with Crippen molar-refractivity contribution >= 4 is 11.8 Å². The summed E-state index contributed by atoms with van der Waals surface area (Å²) in [7, 11) is 2.13. The van der Waals surface area contributed by atoms with E-state index in [9.17, 15) is 4.79 Å². The molecule has 2 aromatic heterocycles. The van der Waals surface area contributed by atoms with Gasteiger partial charge in [-0.15, -0.1) is 0 Å². The van der Waals surface area contributed by atoms with E-state index in [0.29, 0.717) is 13.1 Å². The molecule has 0 aromatic carbocycles. The smallest absolute Gasteiger partial charge is 0.315 e. The first-order valence-corrected chi connectivity index (χ1v) is 8.51. The number of nitrogens with one attached hydrogen (secondary N) is 2. The third-order valence-corrected chi connectivity index (χ3v) is 4.27. The Morgan fingerprint density at radius 1 is 1.00 bits per heavy atom. The molecule has 7 nitrogen and oxygen atoms in total. The van der Waals surface area contributed by atoms with Crippen LogP contribution in [0.15, 0.2) is 42.7 Å². The summed E-state index contributed by atoms with van der Waals surface area (Å²) in [6, 6.07) is 9.35. The van der Waals surface area contributed by atoms with Crippen molar-refractivity contribution in [1.82, 2.24) is 25.5 Å². The number of hydrogen-bond donors (Lipinski definition) is 2. The van der Waals surface area contributed by atoms with Crippen molar-refractivity contribution in [2.45, 2.75) is 13.1 Å². The largest absolute Gasteiger partial charge is 0.354 e. The maximum atomic E-state index is 12.0. The van der Waals surface area contributed by atoms with E-state index in [1.165, 1.54) is 0 Å². The van der Waals surface area contributed by atoms with Gasteiger partial charge < -0.3 is 20.4 Å². The van der Waals surface area contributed by atoms with Crippen LogP contribution in [-0.4, -0.2) is 54.1 Å². The van der Waals surface area contributed by atoms with Crippen LogP contribution in [0.3, 0.4) is 0 Å². The fourth-order valence-corrected chi connectivity index (χ4v) is 2.78. The number of piperazine rings is 1. The van der Waals surface area contributed by atoms with Crippen LogP contribution in [0.2, 0.25) is 0 Å². The fraction of sp³-hybridized carbons (Fsp3) is 0.389. The lowest BCUT2D eigenvalue weighted by Gasteiger charge is -2.34. The number of pyridine rings is 2. The molecule has 0 spiro atoms. The Bertz CT molecular complexity index is 685. The van der Waals surface area contributed by atoms with E-state index in [1.807, 2.05) is 30.3 Å². The molecular formula is C18H24N6O. The van der Waals surface area contributed by atoms with Gasteiger partial charge in [0.15, 0.2) is 0 Å². The zero-order valence-corrected chi connectivity index (χ0v) is 14.5. The lowest BCUT2D eigenvalue weighted by Crippen LogP contribution is -2.45. The second kappa shape index (κ2) is 8.43. The molecular weight excluding hydrogens is 316 g/mol. The van der Waals surface area contributed by atoms with Crippen molar-refractivity contribution in [3.8, 4) is 0 Å². The average Bonchev–Trinajstić information content (AvgIpc) is 2.66. The summed E-state index contributed by atoms with van der Waals surface area (Å²) in [5, 5.41) is 5.72. The molecule has 1 saturated heterocycles. The Labute approximate surface area is 148 Å². The van der Waals surface area contributed by atoms with E-state index in [0.717, 1.165) is 43.3 Å². The predicted octanol–water partition coefficient (Wildman–Crippen LogP) is 1.23. The molecule has 0 saturated carbocycles. The maximum Gasteiger partial charge on any atom is 0.315 e. The Morgan fingerprint density at radius 2 is 1.76 bits per heavy atom. The van der Waals surface area contributed by atoms with Crippen LogP contribution < -0.4 is 15.5 Å². The second-order valence-electron chi connectivity index (χ2n) is 6.13. The van der Waals surface area contributed by atoms with Crippen LogP contribution in [0, 0.1) is 0 Å². The number of anilines is 1. The van der Waals surface area contributed by atoms with Gasteiger partial charge in [0, 0.05) is 50.7 Å². The molecule has 2 aromatic rings. The summed E-state index contributed by atoms with van der Waals surface area (Å²) in [6.45, 7) is 4.80. The zero-order chi connectivity index (χ0) is 17.5. The van der Waals surface area contributed by atoms with Crippen molar-refractivity contribution in [1.29, 1.82) is 0 Å². The molecule has 0 radical (unpaired) electrons. The monoisotopic (exact) mass is 340 g/mol. The molecule has 0 unspecified atom stereocenters. The Kier molecular flexibility index (Phi) is 5.79.